The molecule has 0 aromatic heterocycles. The Kier molecular flexibility index (Phi) is 4.50. The zero-order valence-electron chi connectivity index (χ0n) is 12.4. The number of hydrogen-bond acceptors (Lipinski definition) is 2. The third-order valence-corrected chi connectivity index (χ3v) is 4.92. The number of rotatable bonds is 3. The molecule has 0 radical (unpaired) electrons. The summed E-state index contributed by atoms with van der Waals surface area (Å²) >= 11 is 0. The van der Waals surface area contributed by atoms with Crippen LogP contribution in [0.4, 0.5) is 0 Å². The number of allylic oxidation sites excluding steroid dienone is 2. The van der Waals surface area contributed by atoms with Gasteiger partial charge in [-0.15, -0.1) is 0 Å². The second-order valence-corrected chi connectivity index (χ2v) is 6.33. The van der Waals surface area contributed by atoms with Crippen molar-refractivity contribution < 1.29 is 9.47 Å². The highest BCUT2D eigenvalue weighted by Gasteiger charge is 2.46. The van der Waals surface area contributed by atoms with Crippen LogP contribution in [0.2, 0.25) is 0 Å². The fourth-order valence-corrected chi connectivity index (χ4v) is 3.47. The quantitative estimate of drug-likeness (QED) is 0.702. The molecule has 2 atom stereocenters. The topological polar surface area (TPSA) is 18.5 Å². The zero-order valence-corrected chi connectivity index (χ0v) is 12.4. The highest BCUT2D eigenvalue weighted by molar-refractivity contribution is 5.13. The fourth-order valence-electron chi connectivity index (χ4n) is 3.47. The van der Waals surface area contributed by atoms with Crippen molar-refractivity contribution in [2.45, 2.75) is 59.7 Å². The van der Waals surface area contributed by atoms with Gasteiger partial charge < -0.3 is 9.47 Å². The summed E-state index contributed by atoms with van der Waals surface area (Å²) < 4.78 is 12.0. The van der Waals surface area contributed by atoms with Gasteiger partial charge in [0.15, 0.2) is 6.29 Å². The first kappa shape index (κ1) is 14.1. The van der Waals surface area contributed by atoms with Gasteiger partial charge in [0.05, 0.1) is 13.2 Å². The lowest BCUT2D eigenvalue weighted by Crippen LogP contribution is -2.50. The van der Waals surface area contributed by atoms with Crippen molar-refractivity contribution in [1.29, 1.82) is 0 Å². The van der Waals surface area contributed by atoms with E-state index in [1.54, 1.807) is 0 Å². The van der Waals surface area contributed by atoms with Gasteiger partial charge in [0, 0.05) is 5.41 Å². The Morgan fingerprint density at radius 1 is 1.28 bits per heavy atom. The molecule has 0 amide bonds. The Labute approximate surface area is 112 Å². The monoisotopic (exact) mass is 252 g/mol. The number of hydrogen-bond donors (Lipinski definition) is 0. The van der Waals surface area contributed by atoms with Crippen molar-refractivity contribution in [3.8, 4) is 0 Å². The van der Waals surface area contributed by atoms with Gasteiger partial charge in [0.1, 0.15) is 0 Å². The SMILES string of the molecule is CCCCC1OCC2(CO1)[C@@H](C)C=C(C)C[C@@H]2C. The lowest BCUT2D eigenvalue weighted by atomic mass is 9.63. The van der Waals surface area contributed by atoms with E-state index < -0.39 is 0 Å². The second kappa shape index (κ2) is 5.75. The van der Waals surface area contributed by atoms with Crippen LogP contribution < -0.4 is 0 Å². The molecule has 1 aliphatic carbocycles. The first-order valence-corrected chi connectivity index (χ1v) is 7.49. The predicted molar refractivity (Wildman–Crippen MR) is 74.4 cm³/mol. The molecule has 0 bridgehead atoms. The third-order valence-electron chi connectivity index (χ3n) is 4.92. The Bertz CT molecular complexity index is 300. The normalized spacial score (nSPS) is 40.9. The number of unbranched alkanes of at least 4 members (excludes halogenated alkanes) is 1. The van der Waals surface area contributed by atoms with Gasteiger partial charge in [-0.25, -0.2) is 0 Å². The molecule has 1 aliphatic heterocycles. The first-order valence-electron chi connectivity index (χ1n) is 7.49. The van der Waals surface area contributed by atoms with Crippen molar-refractivity contribution in [2.75, 3.05) is 13.2 Å². The largest absolute Gasteiger partial charge is 0.352 e. The maximum atomic E-state index is 6.00. The van der Waals surface area contributed by atoms with E-state index in [1.165, 1.54) is 24.8 Å². The molecular formula is C16H28O2. The minimum Gasteiger partial charge on any atom is -0.352 e. The van der Waals surface area contributed by atoms with Gasteiger partial charge >= 0.3 is 0 Å². The Morgan fingerprint density at radius 3 is 2.50 bits per heavy atom. The number of ether oxygens (including phenoxy) is 2. The van der Waals surface area contributed by atoms with E-state index in [4.69, 9.17) is 9.47 Å². The van der Waals surface area contributed by atoms with E-state index >= 15 is 0 Å². The van der Waals surface area contributed by atoms with E-state index in [1.807, 2.05) is 0 Å². The molecule has 2 aliphatic rings. The standard InChI is InChI=1S/C16H28O2/c1-5-6-7-15-17-10-16(11-18-15)13(3)8-12(2)9-14(16)4/h8,13-15H,5-7,9-11H2,1-4H3/t13-,14-,15?,16?/m0/s1. The molecule has 0 saturated carbocycles. The van der Waals surface area contributed by atoms with E-state index in [-0.39, 0.29) is 11.7 Å². The smallest absolute Gasteiger partial charge is 0.157 e. The van der Waals surface area contributed by atoms with Gasteiger partial charge in [0.25, 0.3) is 0 Å². The molecule has 0 aromatic carbocycles. The molecule has 0 unspecified atom stereocenters. The molecule has 1 spiro atoms. The van der Waals surface area contributed by atoms with Gasteiger partial charge in [-0.3, -0.25) is 0 Å². The van der Waals surface area contributed by atoms with Crippen LogP contribution in [0, 0.1) is 17.3 Å². The van der Waals surface area contributed by atoms with Crippen LogP contribution in [0.3, 0.4) is 0 Å². The fraction of sp³-hybridized carbons (Fsp3) is 0.875. The van der Waals surface area contributed by atoms with Crippen LogP contribution in [0.15, 0.2) is 11.6 Å². The molecular weight excluding hydrogens is 224 g/mol. The van der Waals surface area contributed by atoms with Crippen LogP contribution in [0.1, 0.15) is 53.4 Å². The summed E-state index contributed by atoms with van der Waals surface area (Å²) in [6, 6.07) is 0. The summed E-state index contributed by atoms with van der Waals surface area (Å²) in [4.78, 5) is 0. The summed E-state index contributed by atoms with van der Waals surface area (Å²) in [7, 11) is 0. The van der Waals surface area contributed by atoms with Crippen molar-refractivity contribution >= 4 is 0 Å². The minimum atomic E-state index is 0.0435. The van der Waals surface area contributed by atoms with Crippen LogP contribution >= 0.6 is 0 Å². The molecule has 1 heterocycles. The second-order valence-electron chi connectivity index (χ2n) is 6.33. The van der Waals surface area contributed by atoms with Crippen LogP contribution in [-0.2, 0) is 9.47 Å². The summed E-state index contributed by atoms with van der Waals surface area (Å²) in [6.45, 7) is 10.9. The zero-order chi connectivity index (χ0) is 13.2. The van der Waals surface area contributed by atoms with Gasteiger partial charge in [-0.2, -0.15) is 0 Å². The lowest BCUT2D eigenvalue weighted by molar-refractivity contribution is -0.251. The van der Waals surface area contributed by atoms with Gasteiger partial charge in [-0.1, -0.05) is 38.8 Å². The minimum absolute atomic E-state index is 0.0435. The maximum absolute atomic E-state index is 6.00. The predicted octanol–water partition coefficient (Wildman–Crippen LogP) is 4.16. The maximum Gasteiger partial charge on any atom is 0.157 e. The third kappa shape index (κ3) is 2.65. The van der Waals surface area contributed by atoms with Crippen molar-refractivity contribution in [1.82, 2.24) is 0 Å². The Balaban J connectivity index is 1.98. The average Bonchev–Trinajstić information content (AvgIpc) is 2.35. The van der Waals surface area contributed by atoms with Crippen molar-refractivity contribution in [2.24, 2.45) is 17.3 Å². The first-order chi connectivity index (χ1) is 8.58. The van der Waals surface area contributed by atoms with Crippen molar-refractivity contribution in [3.63, 3.8) is 0 Å². The Hall–Kier alpha value is -0.340. The molecule has 1 saturated heterocycles. The molecule has 104 valence electrons. The lowest BCUT2D eigenvalue weighted by Gasteiger charge is -2.49. The summed E-state index contributed by atoms with van der Waals surface area (Å²) in [5.74, 6) is 1.22. The summed E-state index contributed by atoms with van der Waals surface area (Å²) in [5, 5.41) is 0. The van der Waals surface area contributed by atoms with Gasteiger partial charge in [-0.05, 0) is 38.0 Å². The molecule has 2 rings (SSSR count). The molecule has 18 heavy (non-hydrogen) atoms. The van der Waals surface area contributed by atoms with Gasteiger partial charge in [0.2, 0.25) is 0 Å². The van der Waals surface area contributed by atoms with Crippen LogP contribution in [-0.4, -0.2) is 19.5 Å². The highest BCUT2D eigenvalue weighted by atomic mass is 16.7. The van der Waals surface area contributed by atoms with E-state index in [0.29, 0.717) is 11.8 Å². The van der Waals surface area contributed by atoms with Crippen molar-refractivity contribution in [3.05, 3.63) is 11.6 Å². The van der Waals surface area contributed by atoms with E-state index in [0.717, 1.165) is 19.6 Å². The van der Waals surface area contributed by atoms with Crippen LogP contribution in [0.5, 0.6) is 0 Å². The summed E-state index contributed by atoms with van der Waals surface area (Å²) in [5.41, 5.74) is 1.73. The molecule has 1 fully saturated rings. The average molecular weight is 252 g/mol. The highest BCUT2D eigenvalue weighted by Crippen LogP contribution is 2.47. The van der Waals surface area contributed by atoms with E-state index in [2.05, 4.69) is 33.8 Å². The molecule has 2 nitrogen and oxygen atoms in total. The molecule has 0 aromatic rings. The van der Waals surface area contributed by atoms with E-state index in [9.17, 15) is 0 Å². The summed E-state index contributed by atoms with van der Waals surface area (Å²) in [6.07, 6.45) is 7.10. The molecule has 0 N–H and O–H groups in total. The van der Waals surface area contributed by atoms with Crippen LogP contribution in [0.25, 0.3) is 0 Å². The Morgan fingerprint density at radius 2 is 1.94 bits per heavy atom. The molecule has 2 heteroatoms.